The van der Waals surface area contributed by atoms with Crippen molar-refractivity contribution >= 4 is 12.2 Å². The van der Waals surface area contributed by atoms with Crippen molar-refractivity contribution in [2.75, 3.05) is 0 Å². The smallest absolute Gasteiger partial charge is 0.182 e. The third-order valence-electron chi connectivity index (χ3n) is 8.87. The van der Waals surface area contributed by atoms with Crippen molar-refractivity contribution in [2.24, 2.45) is 0 Å². The van der Waals surface area contributed by atoms with Crippen LogP contribution in [0.15, 0.2) is 146 Å². The minimum absolute atomic E-state index is 0.0333. The molecule has 0 N–H and O–H groups in total. The average Bonchev–Trinajstić information content (AvgIpc) is 3.51. The Kier molecular flexibility index (Phi) is 6.53. The van der Waals surface area contributed by atoms with Gasteiger partial charge in [-0.15, -0.1) is 0 Å². The lowest BCUT2D eigenvalue weighted by molar-refractivity contribution is 0.288. The van der Waals surface area contributed by atoms with E-state index in [0.29, 0.717) is 23.2 Å². The van der Waals surface area contributed by atoms with E-state index in [1.807, 2.05) is 66.7 Å². The van der Waals surface area contributed by atoms with Gasteiger partial charge in [0, 0.05) is 34.2 Å². The molecule has 2 aromatic heterocycles. The minimum atomic E-state index is -0.153. The van der Waals surface area contributed by atoms with E-state index in [4.69, 9.17) is 24.7 Å². The van der Waals surface area contributed by atoms with Gasteiger partial charge in [0.15, 0.2) is 17.5 Å². The molecule has 0 amide bonds. The molecule has 0 saturated carbocycles. The highest BCUT2D eigenvalue weighted by Gasteiger charge is 2.37. The van der Waals surface area contributed by atoms with Gasteiger partial charge >= 0.3 is 0 Å². The molecule has 9 rings (SSSR count). The van der Waals surface area contributed by atoms with Crippen LogP contribution in [0.25, 0.3) is 68.8 Å². The van der Waals surface area contributed by atoms with Gasteiger partial charge in [0.05, 0.1) is 5.69 Å². The van der Waals surface area contributed by atoms with Crippen LogP contribution in [0.2, 0.25) is 0 Å². The second-order valence-electron chi connectivity index (χ2n) is 11.8. The molecular formula is C42H28N4O. The van der Waals surface area contributed by atoms with Crippen molar-refractivity contribution in [3.05, 3.63) is 162 Å². The molecule has 0 fully saturated rings. The van der Waals surface area contributed by atoms with Crippen molar-refractivity contribution in [3.63, 3.8) is 0 Å². The van der Waals surface area contributed by atoms with Crippen molar-refractivity contribution in [3.8, 4) is 62.4 Å². The second kappa shape index (κ2) is 11.3. The Morgan fingerprint density at radius 1 is 0.426 bits per heavy atom. The van der Waals surface area contributed by atoms with E-state index in [1.165, 1.54) is 16.0 Å². The molecule has 0 spiro atoms. The van der Waals surface area contributed by atoms with Gasteiger partial charge in [-0.25, -0.2) is 19.9 Å². The van der Waals surface area contributed by atoms with Crippen molar-refractivity contribution in [1.29, 1.82) is 0 Å². The van der Waals surface area contributed by atoms with Crippen molar-refractivity contribution in [2.45, 2.75) is 12.0 Å². The molecule has 1 aliphatic carbocycles. The summed E-state index contributed by atoms with van der Waals surface area (Å²) >= 11 is 0. The predicted molar refractivity (Wildman–Crippen MR) is 187 cm³/mol. The van der Waals surface area contributed by atoms with Crippen LogP contribution < -0.4 is 15.2 Å². The highest BCUT2D eigenvalue weighted by Crippen LogP contribution is 2.46. The quantitative estimate of drug-likeness (QED) is 0.201. The van der Waals surface area contributed by atoms with Gasteiger partial charge in [0.1, 0.15) is 17.5 Å². The van der Waals surface area contributed by atoms with E-state index in [2.05, 4.69) is 91.0 Å². The topological polar surface area (TPSA) is 60.8 Å². The van der Waals surface area contributed by atoms with Gasteiger partial charge in [-0.05, 0) is 27.6 Å². The van der Waals surface area contributed by atoms with Gasteiger partial charge in [0.2, 0.25) is 0 Å². The Morgan fingerprint density at radius 2 is 0.915 bits per heavy atom. The number of ether oxygens (including phenoxy) is 1. The largest absolute Gasteiger partial charge is 0.485 e. The fourth-order valence-electron chi connectivity index (χ4n) is 6.53. The summed E-state index contributed by atoms with van der Waals surface area (Å²) in [5, 5.41) is 2.35. The van der Waals surface area contributed by atoms with Crippen LogP contribution in [0.3, 0.4) is 0 Å². The molecule has 222 valence electrons. The highest BCUT2D eigenvalue weighted by molar-refractivity contribution is 5.77. The molecule has 3 heterocycles. The SMILES string of the molecule is C1=c2ccccc2=CC2c3c(cc(-c4ccc(-c5ccccc5)cc4)nc3-c3nc(-c4ccccc4)nc(-c4ccccc4)n3)OC12. The number of pyridine rings is 1. The summed E-state index contributed by atoms with van der Waals surface area (Å²) in [5.41, 5.74) is 7.65. The van der Waals surface area contributed by atoms with E-state index in [-0.39, 0.29) is 12.0 Å². The monoisotopic (exact) mass is 604 g/mol. The number of fused-ring (bicyclic) bond motifs is 4. The summed E-state index contributed by atoms with van der Waals surface area (Å²) in [6.07, 6.45) is 4.36. The lowest BCUT2D eigenvalue weighted by Crippen LogP contribution is -2.34. The molecule has 7 aromatic rings. The molecule has 5 aromatic carbocycles. The van der Waals surface area contributed by atoms with Gasteiger partial charge in [-0.3, -0.25) is 0 Å². The Bertz CT molecular complexity index is 2320. The maximum Gasteiger partial charge on any atom is 0.182 e. The van der Waals surface area contributed by atoms with Crippen molar-refractivity contribution in [1.82, 2.24) is 19.9 Å². The first-order chi connectivity index (χ1) is 23.3. The molecule has 2 atom stereocenters. The van der Waals surface area contributed by atoms with E-state index in [0.717, 1.165) is 39.3 Å². The summed E-state index contributed by atoms with van der Waals surface area (Å²) in [7, 11) is 0. The van der Waals surface area contributed by atoms with Gasteiger partial charge < -0.3 is 4.74 Å². The highest BCUT2D eigenvalue weighted by atomic mass is 16.5. The first kappa shape index (κ1) is 27.1. The average molecular weight is 605 g/mol. The summed E-state index contributed by atoms with van der Waals surface area (Å²) in [6, 6.07) is 49.5. The standard InChI is InChI=1S/C42H28N4O/c1-4-12-27(13-5-1)28-20-22-29(23-21-28)35-26-37-38(34-24-32-18-10-11-19-33(32)25-36(34)47-37)39(43-35)42-45-40(30-14-6-2-7-15-30)44-41(46-42)31-16-8-3-9-17-31/h1-26,34,36H. The van der Waals surface area contributed by atoms with Gasteiger partial charge in [-0.1, -0.05) is 146 Å². The van der Waals surface area contributed by atoms with Crippen LogP contribution in [-0.2, 0) is 0 Å². The Balaban J connectivity index is 1.26. The van der Waals surface area contributed by atoms with Crippen LogP contribution >= 0.6 is 0 Å². The van der Waals surface area contributed by atoms with Crippen LogP contribution in [0, 0.1) is 0 Å². The number of nitrogens with zero attached hydrogens (tertiary/aromatic N) is 4. The summed E-state index contributed by atoms with van der Waals surface area (Å²) < 4.78 is 6.72. The summed E-state index contributed by atoms with van der Waals surface area (Å²) in [6.45, 7) is 0. The maximum atomic E-state index is 6.72. The van der Waals surface area contributed by atoms with Crippen LogP contribution in [0.1, 0.15) is 11.5 Å². The molecule has 0 saturated heterocycles. The zero-order valence-electron chi connectivity index (χ0n) is 25.4. The molecule has 2 aliphatic rings. The van der Waals surface area contributed by atoms with Crippen molar-refractivity contribution < 1.29 is 4.74 Å². The lowest BCUT2D eigenvalue weighted by atomic mass is 9.88. The molecule has 0 bridgehead atoms. The Hall–Kier alpha value is -6.20. The molecule has 1 aliphatic heterocycles. The fourth-order valence-corrected chi connectivity index (χ4v) is 6.53. The molecule has 0 radical (unpaired) electrons. The van der Waals surface area contributed by atoms with Crippen LogP contribution in [0.5, 0.6) is 5.75 Å². The molecule has 2 unspecified atom stereocenters. The number of aromatic nitrogens is 4. The molecule has 47 heavy (non-hydrogen) atoms. The number of hydrogen-bond acceptors (Lipinski definition) is 5. The van der Waals surface area contributed by atoms with E-state index in [9.17, 15) is 0 Å². The normalized spacial score (nSPS) is 15.7. The second-order valence-corrected chi connectivity index (χ2v) is 11.8. The summed E-state index contributed by atoms with van der Waals surface area (Å²) in [4.78, 5) is 20.4. The van der Waals surface area contributed by atoms with E-state index < -0.39 is 0 Å². The Morgan fingerprint density at radius 3 is 1.53 bits per heavy atom. The summed E-state index contributed by atoms with van der Waals surface area (Å²) in [5.74, 6) is 2.49. The number of rotatable bonds is 5. The van der Waals surface area contributed by atoms with Gasteiger partial charge in [0.25, 0.3) is 0 Å². The first-order valence-electron chi connectivity index (χ1n) is 15.8. The van der Waals surface area contributed by atoms with Gasteiger partial charge in [-0.2, -0.15) is 0 Å². The first-order valence-corrected chi connectivity index (χ1v) is 15.8. The number of hydrogen-bond donors (Lipinski definition) is 0. The third kappa shape index (κ3) is 4.99. The molecular weight excluding hydrogens is 576 g/mol. The molecule has 5 heteroatoms. The Labute approximate surface area is 272 Å². The minimum Gasteiger partial charge on any atom is -0.485 e. The fraction of sp³-hybridized carbons (Fsp3) is 0.0476. The number of benzene rings is 5. The third-order valence-corrected chi connectivity index (χ3v) is 8.87. The van der Waals surface area contributed by atoms with E-state index in [1.54, 1.807) is 0 Å². The zero-order valence-corrected chi connectivity index (χ0v) is 25.4. The predicted octanol–water partition coefficient (Wildman–Crippen LogP) is 7.72. The molecule has 5 nitrogen and oxygen atoms in total. The van der Waals surface area contributed by atoms with Crippen LogP contribution in [0.4, 0.5) is 0 Å². The lowest BCUT2D eigenvalue weighted by Gasteiger charge is -2.17. The zero-order chi connectivity index (χ0) is 31.2. The van der Waals surface area contributed by atoms with E-state index >= 15 is 0 Å². The maximum absolute atomic E-state index is 6.72. The van der Waals surface area contributed by atoms with Crippen LogP contribution in [-0.4, -0.2) is 26.0 Å².